The van der Waals surface area contributed by atoms with E-state index in [1.54, 1.807) is 11.8 Å². The van der Waals surface area contributed by atoms with Crippen LogP contribution in [0.15, 0.2) is 34.1 Å². The fourth-order valence-electron chi connectivity index (χ4n) is 3.84. The van der Waals surface area contributed by atoms with Gasteiger partial charge in [0, 0.05) is 11.4 Å². The number of benzene rings is 2. The number of anilines is 2. The average molecular weight is 450 g/mol. The first-order valence-corrected chi connectivity index (χ1v) is 12.4. The predicted octanol–water partition coefficient (Wildman–Crippen LogP) is 7.19. The van der Waals surface area contributed by atoms with E-state index in [1.807, 2.05) is 26.0 Å². The highest BCUT2D eigenvalue weighted by Crippen LogP contribution is 2.57. The summed E-state index contributed by atoms with van der Waals surface area (Å²) in [6.45, 7) is 8.06. The second-order valence-corrected chi connectivity index (χ2v) is 8.84. The molecular weight excluding hydrogens is 418 g/mol. The molecular formula is C26H31N3O2S. The lowest BCUT2D eigenvalue weighted by atomic mass is 10.0. The molecule has 2 aromatic rings. The molecule has 0 radical (unpaired) electrons. The molecule has 1 heterocycles. The third-order valence-corrected chi connectivity index (χ3v) is 6.49. The number of para-hydroxylation sites is 1. The van der Waals surface area contributed by atoms with Gasteiger partial charge in [0.1, 0.15) is 29.0 Å². The van der Waals surface area contributed by atoms with Crippen molar-refractivity contribution in [3.8, 4) is 23.6 Å². The Labute approximate surface area is 195 Å². The van der Waals surface area contributed by atoms with E-state index in [0.29, 0.717) is 24.7 Å². The number of nitriles is 2. The largest absolute Gasteiger partial charge is 0.491 e. The van der Waals surface area contributed by atoms with E-state index >= 15 is 0 Å². The van der Waals surface area contributed by atoms with Crippen molar-refractivity contribution in [1.82, 2.24) is 0 Å². The summed E-state index contributed by atoms with van der Waals surface area (Å²) in [5.41, 5.74) is 2.51. The van der Waals surface area contributed by atoms with Gasteiger partial charge >= 0.3 is 0 Å². The topological polar surface area (TPSA) is 69.3 Å². The van der Waals surface area contributed by atoms with Crippen LogP contribution in [0.5, 0.6) is 11.5 Å². The van der Waals surface area contributed by atoms with E-state index in [0.717, 1.165) is 53.4 Å². The minimum atomic E-state index is 0.267. The molecule has 0 aliphatic carbocycles. The lowest BCUT2D eigenvalue weighted by Gasteiger charge is -2.35. The van der Waals surface area contributed by atoms with Crippen LogP contribution in [0.2, 0.25) is 0 Å². The second-order valence-electron chi connectivity index (χ2n) is 7.79. The molecule has 0 amide bonds. The Balaban J connectivity index is 2.25. The van der Waals surface area contributed by atoms with E-state index in [4.69, 9.17) is 9.47 Å². The van der Waals surface area contributed by atoms with E-state index in [1.165, 1.54) is 12.8 Å². The predicted molar refractivity (Wildman–Crippen MR) is 129 cm³/mol. The van der Waals surface area contributed by atoms with Crippen molar-refractivity contribution in [3.63, 3.8) is 0 Å². The number of fused-ring (bicyclic) bond motifs is 2. The Morgan fingerprint density at radius 1 is 0.844 bits per heavy atom. The third kappa shape index (κ3) is 4.81. The summed E-state index contributed by atoms with van der Waals surface area (Å²) in [7, 11) is 0. The smallest absolute Gasteiger partial charge is 0.163 e. The van der Waals surface area contributed by atoms with Gasteiger partial charge in [-0.05, 0) is 31.4 Å². The lowest BCUT2D eigenvalue weighted by molar-refractivity contribution is 0.301. The van der Waals surface area contributed by atoms with Crippen LogP contribution in [-0.2, 0) is 0 Å². The summed E-state index contributed by atoms with van der Waals surface area (Å²) >= 11 is 1.60. The van der Waals surface area contributed by atoms with E-state index in [9.17, 15) is 10.5 Å². The summed E-state index contributed by atoms with van der Waals surface area (Å²) in [6.07, 6.45) is 6.17. The molecule has 0 unspecified atom stereocenters. The molecule has 0 spiro atoms. The molecule has 1 aliphatic heterocycles. The van der Waals surface area contributed by atoms with Crippen LogP contribution in [0.3, 0.4) is 0 Å². The highest BCUT2D eigenvalue weighted by molar-refractivity contribution is 7.99. The molecule has 168 valence electrons. The summed E-state index contributed by atoms with van der Waals surface area (Å²) in [5.74, 6) is 1.00. The molecule has 0 aromatic heterocycles. The van der Waals surface area contributed by atoms with Gasteiger partial charge in [0.05, 0.1) is 23.8 Å². The van der Waals surface area contributed by atoms with Crippen molar-refractivity contribution >= 4 is 23.1 Å². The Morgan fingerprint density at radius 3 is 2.16 bits per heavy atom. The molecule has 6 heteroatoms. The molecule has 5 nitrogen and oxygen atoms in total. The molecule has 3 rings (SSSR count). The van der Waals surface area contributed by atoms with Crippen molar-refractivity contribution in [2.45, 2.75) is 69.1 Å². The van der Waals surface area contributed by atoms with Gasteiger partial charge in [-0.2, -0.15) is 10.5 Å². The summed E-state index contributed by atoms with van der Waals surface area (Å²) in [5, 5.41) is 20.0. The maximum Gasteiger partial charge on any atom is 0.163 e. The number of rotatable bonds is 11. The van der Waals surface area contributed by atoms with Gasteiger partial charge < -0.3 is 14.4 Å². The zero-order chi connectivity index (χ0) is 22.9. The third-order valence-electron chi connectivity index (χ3n) is 5.34. The maximum absolute atomic E-state index is 10.0. The van der Waals surface area contributed by atoms with Gasteiger partial charge in [-0.3, -0.25) is 0 Å². The van der Waals surface area contributed by atoms with Crippen molar-refractivity contribution < 1.29 is 9.47 Å². The van der Waals surface area contributed by atoms with Gasteiger partial charge in [-0.25, -0.2) is 0 Å². The standard InChI is InChI=1S/C26H31N3O2S/c1-4-7-8-11-14-29-21-12-9-10-13-22(21)32-26-23(29)24(30-15-5-2)19(17-27)20(18-28)25(26)31-16-6-3/h9-10,12-13H,4-8,11,14-16H2,1-3H3. The second kappa shape index (κ2) is 11.7. The van der Waals surface area contributed by atoms with Crippen LogP contribution in [0, 0.1) is 22.7 Å². The van der Waals surface area contributed by atoms with Gasteiger partial charge in [-0.1, -0.05) is 63.9 Å². The van der Waals surface area contributed by atoms with Crippen molar-refractivity contribution in [2.75, 3.05) is 24.7 Å². The average Bonchev–Trinajstić information content (AvgIpc) is 2.82. The van der Waals surface area contributed by atoms with E-state index in [-0.39, 0.29) is 11.1 Å². The van der Waals surface area contributed by atoms with Crippen LogP contribution in [0.25, 0.3) is 0 Å². The van der Waals surface area contributed by atoms with Gasteiger partial charge in [0.25, 0.3) is 0 Å². The fourth-order valence-corrected chi connectivity index (χ4v) is 5.04. The number of hydrogen-bond donors (Lipinski definition) is 0. The molecule has 0 atom stereocenters. The van der Waals surface area contributed by atoms with Crippen molar-refractivity contribution in [2.24, 2.45) is 0 Å². The van der Waals surface area contributed by atoms with Crippen LogP contribution >= 0.6 is 11.8 Å². The molecule has 1 aliphatic rings. The minimum absolute atomic E-state index is 0.267. The summed E-state index contributed by atoms with van der Waals surface area (Å²) < 4.78 is 12.3. The van der Waals surface area contributed by atoms with E-state index in [2.05, 4.69) is 36.1 Å². The Bertz CT molecular complexity index is 1020. The van der Waals surface area contributed by atoms with Gasteiger partial charge in [-0.15, -0.1) is 0 Å². The number of ether oxygens (including phenoxy) is 2. The molecule has 2 aromatic carbocycles. The first-order chi connectivity index (χ1) is 15.7. The molecule has 0 saturated carbocycles. The minimum Gasteiger partial charge on any atom is -0.491 e. The molecule has 0 fully saturated rings. The molecule has 0 bridgehead atoms. The number of hydrogen-bond acceptors (Lipinski definition) is 6. The number of unbranched alkanes of at least 4 members (excludes halogenated alkanes) is 3. The summed E-state index contributed by atoms with van der Waals surface area (Å²) in [6, 6.07) is 12.8. The molecule has 0 N–H and O–H groups in total. The van der Waals surface area contributed by atoms with Gasteiger partial charge in [0.15, 0.2) is 11.5 Å². The fraction of sp³-hybridized carbons (Fsp3) is 0.462. The van der Waals surface area contributed by atoms with Crippen molar-refractivity contribution in [3.05, 3.63) is 35.4 Å². The summed E-state index contributed by atoms with van der Waals surface area (Å²) in [4.78, 5) is 4.25. The quantitative estimate of drug-likeness (QED) is 0.338. The van der Waals surface area contributed by atoms with Gasteiger partial charge in [0.2, 0.25) is 0 Å². The SMILES string of the molecule is CCCCCCN1c2ccccc2Sc2c(OCCC)c(C#N)c(C#N)c(OCCC)c21. The highest BCUT2D eigenvalue weighted by Gasteiger charge is 2.34. The van der Waals surface area contributed by atoms with Crippen LogP contribution in [-0.4, -0.2) is 19.8 Å². The first kappa shape index (κ1) is 23.8. The molecule has 0 saturated heterocycles. The zero-order valence-corrected chi connectivity index (χ0v) is 20.1. The van der Waals surface area contributed by atoms with Crippen LogP contribution in [0.4, 0.5) is 11.4 Å². The number of nitrogens with zero attached hydrogens (tertiary/aromatic N) is 3. The Morgan fingerprint density at radius 2 is 1.50 bits per heavy atom. The van der Waals surface area contributed by atoms with Crippen molar-refractivity contribution in [1.29, 1.82) is 10.5 Å². The van der Waals surface area contributed by atoms with Crippen LogP contribution < -0.4 is 14.4 Å². The Kier molecular flexibility index (Phi) is 8.71. The maximum atomic E-state index is 10.0. The Hall–Kier alpha value is -2.83. The lowest BCUT2D eigenvalue weighted by Crippen LogP contribution is -2.24. The highest BCUT2D eigenvalue weighted by atomic mass is 32.2. The first-order valence-electron chi connectivity index (χ1n) is 11.6. The normalized spacial score (nSPS) is 11.8. The monoisotopic (exact) mass is 449 g/mol. The molecule has 32 heavy (non-hydrogen) atoms. The van der Waals surface area contributed by atoms with Crippen LogP contribution in [0.1, 0.15) is 70.4 Å². The van der Waals surface area contributed by atoms with E-state index < -0.39 is 0 Å². The zero-order valence-electron chi connectivity index (χ0n) is 19.2.